The summed E-state index contributed by atoms with van der Waals surface area (Å²) in [4.78, 5) is 16.1. The largest absolute Gasteiger partial charge is 0.394 e. The van der Waals surface area contributed by atoms with Crippen LogP contribution >= 0.6 is 0 Å². The zero-order valence-electron chi connectivity index (χ0n) is 11.3. The van der Waals surface area contributed by atoms with Gasteiger partial charge in [-0.15, -0.1) is 0 Å². The van der Waals surface area contributed by atoms with Crippen molar-refractivity contribution in [2.45, 2.75) is 50.7 Å². The monoisotopic (exact) mass is 281 g/mol. The number of aliphatic hydroxyl groups is 2. The lowest BCUT2D eigenvalue weighted by atomic mass is 10.2. The fraction of sp³-hybridized carbons (Fsp3) is 0.692. The molecule has 1 aromatic rings. The van der Waals surface area contributed by atoms with Crippen molar-refractivity contribution in [3.05, 3.63) is 22.2 Å². The number of rotatable bonds is 4. The molecule has 3 N–H and O–H groups in total. The van der Waals surface area contributed by atoms with Crippen molar-refractivity contribution in [3.63, 3.8) is 0 Å². The first-order valence-corrected chi connectivity index (χ1v) is 6.89. The fourth-order valence-corrected chi connectivity index (χ4v) is 2.39. The number of aromatic nitrogens is 2. The van der Waals surface area contributed by atoms with Crippen molar-refractivity contribution < 1.29 is 14.9 Å². The van der Waals surface area contributed by atoms with Crippen LogP contribution in [0.4, 0.5) is 5.82 Å². The molecule has 0 amide bonds. The summed E-state index contributed by atoms with van der Waals surface area (Å²) < 4.78 is 6.86. The second-order valence-corrected chi connectivity index (χ2v) is 5.50. The first-order chi connectivity index (χ1) is 9.58. The number of nitrogens with zero attached hydrogens (tertiary/aromatic N) is 2. The molecule has 7 heteroatoms. The molecule has 2 fully saturated rings. The van der Waals surface area contributed by atoms with Gasteiger partial charge >= 0.3 is 5.69 Å². The Morgan fingerprint density at radius 2 is 2.30 bits per heavy atom. The van der Waals surface area contributed by atoms with Gasteiger partial charge in [0.25, 0.3) is 0 Å². The first-order valence-electron chi connectivity index (χ1n) is 6.89. The Bertz CT molecular complexity index is 555. The highest BCUT2D eigenvalue weighted by atomic mass is 16.5. The molecule has 0 bridgehead atoms. The molecule has 20 heavy (non-hydrogen) atoms. The molecule has 1 aliphatic carbocycles. The SMILES string of the molecule is Cc1cn(C2CC(O)C(CO)O2)c(=O)nc1NC1CC1. The summed E-state index contributed by atoms with van der Waals surface area (Å²) in [6.45, 7) is 1.61. The van der Waals surface area contributed by atoms with Crippen LogP contribution in [0.25, 0.3) is 0 Å². The lowest BCUT2D eigenvalue weighted by Gasteiger charge is -2.16. The number of nitrogens with one attached hydrogen (secondary N) is 1. The van der Waals surface area contributed by atoms with Crippen molar-refractivity contribution in [1.29, 1.82) is 0 Å². The third-order valence-corrected chi connectivity index (χ3v) is 3.75. The Balaban J connectivity index is 1.83. The zero-order chi connectivity index (χ0) is 14.3. The van der Waals surface area contributed by atoms with Crippen molar-refractivity contribution in [3.8, 4) is 0 Å². The van der Waals surface area contributed by atoms with Gasteiger partial charge < -0.3 is 20.3 Å². The predicted molar refractivity (Wildman–Crippen MR) is 71.5 cm³/mol. The van der Waals surface area contributed by atoms with Crippen LogP contribution in [0.2, 0.25) is 0 Å². The van der Waals surface area contributed by atoms with Crippen LogP contribution in [0.5, 0.6) is 0 Å². The minimum absolute atomic E-state index is 0.264. The van der Waals surface area contributed by atoms with Gasteiger partial charge in [-0.1, -0.05) is 0 Å². The number of hydrogen-bond acceptors (Lipinski definition) is 6. The van der Waals surface area contributed by atoms with Gasteiger partial charge in [0.2, 0.25) is 0 Å². The standard InChI is InChI=1S/C13H19N3O4/c1-7-5-16(11-4-9(18)10(6-17)20-11)13(19)15-12(7)14-8-2-3-8/h5,8-11,17-18H,2-4,6H2,1H3,(H,14,15,19). The maximum absolute atomic E-state index is 12.1. The van der Waals surface area contributed by atoms with E-state index in [9.17, 15) is 9.90 Å². The maximum Gasteiger partial charge on any atom is 0.351 e. The van der Waals surface area contributed by atoms with E-state index in [1.54, 1.807) is 6.20 Å². The van der Waals surface area contributed by atoms with Crippen LogP contribution in [0.15, 0.2) is 11.0 Å². The van der Waals surface area contributed by atoms with Crippen LogP contribution in [-0.4, -0.2) is 44.6 Å². The van der Waals surface area contributed by atoms with E-state index in [0.717, 1.165) is 18.4 Å². The number of aryl methyl sites for hydroxylation is 1. The fourth-order valence-electron chi connectivity index (χ4n) is 2.39. The zero-order valence-corrected chi connectivity index (χ0v) is 11.3. The van der Waals surface area contributed by atoms with E-state index in [4.69, 9.17) is 9.84 Å². The first kappa shape index (κ1) is 13.5. The van der Waals surface area contributed by atoms with E-state index in [1.165, 1.54) is 4.57 Å². The highest BCUT2D eigenvalue weighted by Gasteiger charge is 2.35. The molecule has 1 aliphatic heterocycles. The normalized spacial score (nSPS) is 29.6. The van der Waals surface area contributed by atoms with E-state index in [1.807, 2.05) is 6.92 Å². The van der Waals surface area contributed by atoms with Gasteiger partial charge in [-0.3, -0.25) is 4.57 Å². The van der Waals surface area contributed by atoms with Gasteiger partial charge in [-0.05, 0) is 19.8 Å². The van der Waals surface area contributed by atoms with Crippen molar-refractivity contribution in [2.24, 2.45) is 0 Å². The lowest BCUT2D eigenvalue weighted by Crippen LogP contribution is -2.29. The second-order valence-electron chi connectivity index (χ2n) is 5.50. The molecule has 3 unspecified atom stereocenters. The maximum atomic E-state index is 12.1. The summed E-state index contributed by atoms with van der Waals surface area (Å²) in [5.74, 6) is 0.617. The van der Waals surface area contributed by atoms with E-state index >= 15 is 0 Å². The molecule has 3 rings (SSSR count). The van der Waals surface area contributed by atoms with Crippen LogP contribution < -0.4 is 11.0 Å². The minimum Gasteiger partial charge on any atom is -0.394 e. The molecule has 0 radical (unpaired) electrons. The molecule has 0 aromatic carbocycles. The van der Waals surface area contributed by atoms with Gasteiger partial charge in [-0.25, -0.2) is 4.79 Å². The summed E-state index contributed by atoms with van der Waals surface area (Å²) in [6, 6.07) is 0.430. The molecule has 7 nitrogen and oxygen atoms in total. The number of ether oxygens (including phenoxy) is 1. The summed E-state index contributed by atoms with van der Waals surface area (Å²) in [7, 11) is 0. The minimum atomic E-state index is -0.763. The second kappa shape index (κ2) is 5.16. The Morgan fingerprint density at radius 3 is 2.90 bits per heavy atom. The molecule has 1 saturated carbocycles. The van der Waals surface area contributed by atoms with Gasteiger partial charge in [0.05, 0.1) is 12.7 Å². The van der Waals surface area contributed by atoms with Gasteiger partial charge in [-0.2, -0.15) is 4.98 Å². The summed E-state index contributed by atoms with van der Waals surface area (Å²) >= 11 is 0. The van der Waals surface area contributed by atoms with E-state index in [-0.39, 0.29) is 13.0 Å². The highest BCUT2D eigenvalue weighted by molar-refractivity contribution is 5.43. The third kappa shape index (κ3) is 2.56. The third-order valence-electron chi connectivity index (χ3n) is 3.75. The Labute approximate surface area is 116 Å². The summed E-state index contributed by atoms with van der Waals surface area (Å²) in [5, 5.41) is 22.0. The number of anilines is 1. The van der Waals surface area contributed by atoms with Crippen LogP contribution in [0, 0.1) is 6.92 Å². The summed E-state index contributed by atoms with van der Waals surface area (Å²) in [5.41, 5.74) is 0.455. The lowest BCUT2D eigenvalue weighted by molar-refractivity contribution is -0.0459. The number of hydrogen-bond donors (Lipinski definition) is 3. The molecule has 3 atom stereocenters. The average molecular weight is 281 g/mol. The number of aliphatic hydroxyl groups excluding tert-OH is 2. The Hall–Kier alpha value is -1.44. The van der Waals surface area contributed by atoms with Gasteiger partial charge in [0, 0.05) is 24.2 Å². The van der Waals surface area contributed by atoms with E-state index < -0.39 is 24.1 Å². The molecule has 110 valence electrons. The average Bonchev–Trinajstić information content (AvgIpc) is 3.15. The van der Waals surface area contributed by atoms with Gasteiger partial charge in [0.15, 0.2) is 0 Å². The Morgan fingerprint density at radius 1 is 1.55 bits per heavy atom. The molecule has 0 spiro atoms. The molecule has 1 saturated heterocycles. The van der Waals surface area contributed by atoms with E-state index in [0.29, 0.717) is 11.9 Å². The van der Waals surface area contributed by atoms with Crippen molar-refractivity contribution in [2.75, 3.05) is 11.9 Å². The smallest absolute Gasteiger partial charge is 0.351 e. The van der Waals surface area contributed by atoms with Gasteiger partial charge in [0.1, 0.15) is 18.1 Å². The summed E-state index contributed by atoms with van der Waals surface area (Å²) in [6.07, 6.45) is 2.22. The van der Waals surface area contributed by atoms with E-state index in [2.05, 4.69) is 10.3 Å². The molecule has 1 aromatic heterocycles. The highest BCUT2D eigenvalue weighted by Crippen LogP contribution is 2.29. The van der Waals surface area contributed by atoms with Crippen molar-refractivity contribution in [1.82, 2.24) is 9.55 Å². The Kier molecular flexibility index (Phi) is 3.49. The van der Waals surface area contributed by atoms with Crippen LogP contribution in [0.3, 0.4) is 0 Å². The molecular weight excluding hydrogens is 262 g/mol. The molecule has 2 aliphatic rings. The quantitative estimate of drug-likeness (QED) is 0.705. The predicted octanol–water partition coefficient (Wildman–Crippen LogP) is -0.233. The topological polar surface area (TPSA) is 96.6 Å². The van der Waals surface area contributed by atoms with Crippen molar-refractivity contribution >= 4 is 5.82 Å². The van der Waals surface area contributed by atoms with Crippen LogP contribution in [-0.2, 0) is 4.74 Å². The van der Waals surface area contributed by atoms with Crippen LogP contribution in [0.1, 0.15) is 31.1 Å². The molecular formula is C13H19N3O4. The molecule has 2 heterocycles.